The fraction of sp³-hybridized carbons (Fsp3) is 0.318. The van der Waals surface area contributed by atoms with Crippen LogP contribution >= 0.6 is 0 Å². The Balaban J connectivity index is 1.60. The largest absolute Gasteiger partial charge is 0.330 e. The van der Waals surface area contributed by atoms with Crippen LogP contribution in [0.4, 0.5) is 5.69 Å². The van der Waals surface area contributed by atoms with Crippen molar-refractivity contribution in [3.8, 4) is 5.69 Å². The van der Waals surface area contributed by atoms with Gasteiger partial charge in [0.1, 0.15) is 0 Å². The Morgan fingerprint density at radius 1 is 1.20 bits per heavy atom. The predicted octanol–water partition coefficient (Wildman–Crippen LogP) is 3.85. The molecule has 4 rings (SSSR count). The van der Waals surface area contributed by atoms with Crippen molar-refractivity contribution in [3.05, 3.63) is 81.2 Å². The molecule has 0 bridgehead atoms. The molecule has 1 amide bonds. The third kappa shape index (κ3) is 3.94. The second-order valence-corrected chi connectivity index (χ2v) is 7.55. The van der Waals surface area contributed by atoms with Crippen LogP contribution in [0.15, 0.2) is 48.5 Å². The summed E-state index contributed by atoms with van der Waals surface area (Å²) in [4.78, 5) is 25.8. The summed E-state index contributed by atoms with van der Waals surface area (Å²) in [6.45, 7) is 4.40. The van der Waals surface area contributed by atoms with Gasteiger partial charge in [0.2, 0.25) is 0 Å². The lowest BCUT2D eigenvalue weighted by atomic mass is 10.1. The summed E-state index contributed by atoms with van der Waals surface area (Å²) in [6, 6.07) is 14.7. The number of hydrogen-bond acceptors (Lipinski definition) is 5. The van der Waals surface area contributed by atoms with E-state index in [1.807, 2.05) is 4.90 Å². The Morgan fingerprint density at radius 2 is 1.90 bits per heavy atom. The summed E-state index contributed by atoms with van der Waals surface area (Å²) in [5, 5.41) is 19.3. The highest BCUT2D eigenvalue weighted by Gasteiger charge is 2.35. The molecule has 0 radical (unpaired) electrons. The number of aryl methyl sites for hydroxylation is 1. The quantitative estimate of drug-likeness (QED) is 0.440. The van der Waals surface area contributed by atoms with Crippen LogP contribution in [0.3, 0.4) is 0 Å². The first kappa shape index (κ1) is 19.8. The smallest absolute Gasteiger partial charge is 0.276 e. The molecule has 1 saturated carbocycles. The average Bonchev–Trinajstić information content (AvgIpc) is 3.53. The van der Waals surface area contributed by atoms with Crippen molar-refractivity contribution in [2.75, 3.05) is 0 Å². The van der Waals surface area contributed by atoms with Crippen LogP contribution in [0.1, 0.15) is 47.1 Å². The molecule has 0 spiro atoms. The number of nitro benzene ring substituents is 1. The number of rotatable bonds is 7. The van der Waals surface area contributed by atoms with Gasteiger partial charge < -0.3 is 4.90 Å². The van der Waals surface area contributed by atoms with Crippen molar-refractivity contribution in [1.82, 2.24) is 19.9 Å². The highest BCUT2D eigenvalue weighted by atomic mass is 16.6. The molecule has 8 heteroatoms. The number of carbonyl (C=O) groups excluding carboxylic acids is 1. The topological polar surface area (TPSA) is 94.2 Å². The summed E-state index contributed by atoms with van der Waals surface area (Å²) in [5.74, 6) is -0.161. The summed E-state index contributed by atoms with van der Waals surface area (Å²) in [7, 11) is 0. The van der Waals surface area contributed by atoms with Crippen LogP contribution in [0, 0.1) is 17.0 Å². The molecule has 0 N–H and O–H groups in total. The van der Waals surface area contributed by atoms with Crippen LogP contribution < -0.4 is 0 Å². The minimum absolute atomic E-state index is 0.0367. The Bertz CT molecular complexity index is 1090. The zero-order valence-electron chi connectivity index (χ0n) is 17.0. The van der Waals surface area contributed by atoms with Crippen molar-refractivity contribution in [1.29, 1.82) is 0 Å². The molecule has 1 aromatic heterocycles. The van der Waals surface area contributed by atoms with Crippen LogP contribution in [0.5, 0.6) is 0 Å². The van der Waals surface area contributed by atoms with Crippen molar-refractivity contribution < 1.29 is 9.72 Å². The highest BCUT2D eigenvalue weighted by Crippen LogP contribution is 2.30. The lowest BCUT2D eigenvalue weighted by molar-refractivity contribution is -0.384. The molecule has 0 atom stereocenters. The lowest BCUT2D eigenvalue weighted by Gasteiger charge is -2.22. The van der Waals surface area contributed by atoms with Gasteiger partial charge in [0.15, 0.2) is 5.69 Å². The van der Waals surface area contributed by atoms with Crippen LogP contribution in [0.2, 0.25) is 0 Å². The first-order chi connectivity index (χ1) is 14.5. The number of hydrogen-bond donors (Lipinski definition) is 0. The van der Waals surface area contributed by atoms with E-state index in [4.69, 9.17) is 0 Å². The number of nitro groups is 1. The van der Waals surface area contributed by atoms with Crippen LogP contribution in [-0.2, 0) is 13.0 Å². The molecule has 154 valence electrons. The minimum Gasteiger partial charge on any atom is -0.330 e. The van der Waals surface area contributed by atoms with E-state index in [0.717, 1.165) is 24.8 Å². The normalized spacial score (nSPS) is 13.3. The molecule has 1 aliphatic rings. The predicted molar refractivity (Wildman–Crippen MR) is 111 cm³/mol. The maximum absolute atomic E-state index is 13.3. The molecule has 0 unspecified atom stereocenters. The van der Waals surface area contributed by atoms with E-state index in [0.29, 0.717) is 17.9 Å². The molecule has 3 aromatic rings. The third-order valence-corrected chi connectivity index (χ3v) is 5.41. The minimum atomic E-state index is -0.458. The fourth-order valence-electron chi connectivity index (χ4n) is 3.48. The number of carbonyl (C=O) groups is 1. The van der Waals surface area contributed by atoms with Gasteiger partial charge >= 0.3 is 0 Å². The zero-order valence-corrected chi connectivity index (χ0v) is 17.0. The van der Waals surface area contributed by atoms with Crippen LogP contribution in [0.25, 0.3) is 5.69 Å². The molecule has 1 aliphatic carbocycles. The first-order valence-electron chi connectivity index (χ1n) is 10.0. The standard InChI is InChI=1S/C22H23N5O3/c1-3-16-7-9-17(10-8-16)14-25(18-11-12-18)22(28)21-15(2)26(24-23-21)19-5-4-6-20(13-19)27(29)30/h4-10,13,18H,3,11-12,14H2,1-2H3. The third-order valence-electron chi connectivity index (χ3n) is 5.41. The number of benzene rings is 2. The van der Waals surface area contributed by atoms with Gasteiger partial charge in [0, 0.05) is 24.7 Å². The van der Waals surface area contributed by atoms with E-state index < -0.39 is 4.92 Å². The number of nitrogens with zero attached hydrogens (tertiary/aromatic N) is 5. The molecule has 0 saturated heterocycles. The Morgan fingerprint density at radius 3 is 2.53 bits per heavy atom. The second kappa shape index (κ2) is 8.06. The summed E-state index contributed by atoms with van der Waals surface area (Å²) >= 11 is 0. The summed E-state index contributed by atoms with van der Waals surface area (Å²) in [5.41, 5.74) is 3.65. The van der Waals surface area contributed by atoms with Crippen molar-refractivity contribution in [2.24, 2.45) is 0 Å². The van der Waals surface area contributed by atoms with Gasteiger partial charge in [-0.05, 0) is 43.4 Å². The molecular weight excluding hydrogens is 382 g/mol. The van der Waals surface area contributed by atoms with E-state index in [1.54, 1.807) is 19.1 Å². The van der Waals surface area contributed by atoms with Gasteiger partial charge in [0.25, 0.3) is 11.6 Å². The molecule has 1 heterocycles. The maximum Gasteiger partial charge on any atom is 0.276 e. The van der Waals surface area contributed by atoms with Gasteiger partial charge in [-0.15, -0.1) is 5.10 Å². The first-order valence-corrected chi connectivity index (χ1v) is 10.0. The van der Waals surface area contributed by atoms with Crippen molar-refractivity contribution in [2.45, 2.75) is 45.7 Å². The molecule has 30 heavy (non-hydrogen) atoms. The van der Waals surface area contributed by atoms with E-state index >= 15 is 0 Å². The van der Waals surface area contributed by atoms with Gasteiger partial charge in [-0.25, -0.2) is 4.68 Å². The van der Waals surface area contributed by atoms with E-state index in [9.17, 15) is 14.9 Å². The second-order valence-electron chi connectivity index (χ2n) is 7.55. The molecule has 8 nitrogen and oxygen atoms in total. The SMILES string of the molecule is CCc1ccc(CN(C(=O)c2nnn(-c3cccc([N+](=O)[O-])c3)c2C)C2CC2)cc1. The Hall–Kier alpha value is -3.55. The Labute approximate surface area is 174 Å². The number of aromatic nitrogens is 3. The summed E-state index contributed by atoms with van der Waals surface area (Å²) < 4.78 is 1.47. The molecule has 1 fully saturated rings. The van der Waals surface area contributed by atoms with Crippen LogP contribution in [-0.4, -0.2) is 36.8 Å². The molecular formula is C22H23N5O3. The number of non-ortho nitro benzene ring substituents is 1. The molecule has 2 aromatic carbocycles. The number of amides is 1. The highest BCUT2D eigenvalue weighted by molar-refractivity contribution is 5.93. The average molecular weight is 405 g/mol. The lowest BCUT2D eigenvalue weighted by Crippen LogP contribution is -2.33. The summed E-state index contributed by atoms with van der Waals surface area (Å²) in [6.07, 6.45) is 2.94. The zero-order chi connectivity index (χ0) is 21.3. The maximum atomic E-state index is 13.3. The van der Waals surface area contributed by atoms with Gasteiger partial charge in [0.05, 0.1) is 16.3 Å². The van der Waals surface area contributed by atoms with Gasteiger partial charge in [-0.2, -0.15) is 0 Å². The van der Waals surface area contributed by atoms with E-state index in [-0.39, 0.29) is 23.3 Å². The van der Waals surface area contributed by atoms with Crippen molar-refractivity contribution in [3.63, 3.8) is 0 Å². The van der Waals surface area contributed by atoms with E-state index in [1.165, 1.54) is 22.4 Å². The van der Waals surface area contributed by atoms with Gasteiger partial charge in [-0.3, -0.25) is 14.9 Å². The van der Waals surface area contributed by atoms with Crippen molar-refractivity contribution >= 4 is 11.6 Å². The monoisotopic (exact) mass is 405 g/mol. The van der Waals surface area contributed by atoms with Gasteiger partial charge in [-0.1, -0.05) is 42.5 Å². The molecule has 0 aliphatic heterocycles. The van der Waals surface area contributed by atoms with E-state index in [2.05, 4.69) is 41.5 Å². The fourth-order valence-corrected chi connectivity index (χ4v) is 3.48. The Kier molecular flexibility index (Phi) is 5.31.